The van der Waals surface area contributed by atoms with Gasteiger partial charge in [0.25, 0.3) is 5.56 Å². The molecule has 0 radical (unpaired) electrons. The number of carbonyl (C=O) groups is 1. The molecule has 0 saturated carbocycles. The molecule has 2 aromatic rings. The number of aryl methyl sites for hydroxylation is 2. The Morgan fingerprint density at radius 1 is 1.17 bits per heavy atom. The molecule has 3 rings (SSSR count). The number of likely N-dealkylation sites (tertiary alicyclic amines) is 1. The number of aromatic nitrogens is 1. The first-order chi connectivity index (χ1) is 11.5. The van der Waals surface area contributed by atoms with Crippen LogP contribution in [0.5, 0.6) is 0 Å². The van der Waals surface area contributed by atoms with Gasteiger partial charge in [-0.2, -0.15) is 0 Å². The van der Waals surface area contributed by atoms with E-state index in [0.29, 0.717) is 12.3 Å². The van der Waals surface area contributed by atoms with Gasteiger partial charge in [-0.05, 0) is 48.4 Å². The molecule has 126 valence electrons. The number of rotatable bonds is 3. The molecule has 1 aliphatic rings. The van der Waals surface area contributed by atoms with Crippen LogP contribution >= 0.6 is 0 Å². The Labute approximate surface area is 142 Å². The van der Waals surface area contributed by atoms with Crippen molar-refractivity contribution in [1.29, 1.82) is 0 Å². The smallest absolute Gasteiger partial charge is 0.250 e. The number of benzene rings is 1. The summed E-state index contributed by atoms with van der Waals surface area (Å²) in [7, 11) is 1.76. The van der Waals surface area contributed by atoms with E-state index in [1.165, 1.54) is 5.56 Å². The molecule has 0 unspecified atom stereocenters. The van der Waals surface area contributed by atoms with Gasteiger partial charge in [-0.1, -0.05) is 24.3 Å². The summed E-state index contributed by atoms with van der Waals surface area (Å²) in [5.41, 5.74) is 3.41. The molecule has 4 nitrogen and oxygen atoms in total. The molecule has 0 spiro atoms. The van der Waals surface area contributed by atoms with E-state index >= 15 is 0 Å². The van der Waals surface area contributed by atoms with Crippen LogP contribution in [0.2, 0.25) is 0 Å². The predicted octanol–water partition coefficient (Wildman–Crippen LogP) is 2.64. The first-order valence-electron chi connectivity index (χ1n) is 8.53. The number of piperidine rings is 1. The largest absolute Gasteiger partial charge is 0.342 e. The lowest BCUT2D eigenvalue weighted by molar-refractivity contribution is -0.131. The molecule has 1 aromatic heterocycles. The van der Waals surface area contributed by atoms with Crippen LogP contribution in [-0.4, -0.2) is 28.5 Å². The first-order valence-corrected chi connectivity index (χ1v) is 8.53. The Hall–Kier alpha value is -2.36. The fraction of sp³-hybridized carbons (Fsp3) is 0.400. The Morgan fingerprint density at radius 3 is 2.54 bits per heavy atom. The van der Waals surface area contributed by atoms with Gasteiger partial charge in [0, 0.05) is 32.4 Å². The number of nitrogens with zero attached hydrogens (tertiary/aromatic N) is 2. The summed E-state index contributed by atoms with van der Waals surface area (Å²) in [5.74, 6) is 0.577. The third-order valence-corrected chi connectivity index (χ3v) is 5.05. The van der Waals surface area contributed by atoms with Gasteiger partial charge in [-0.15, -0.1) is 0 Å². The number of pyridine rings is 1. The van der Waals surface area contributed by atoms with Crippen LogP contribution in [0.4, 0.5) is 0 Å². The van der Waals surface area contributed by atoms with E-state index in [-0.39, 0.29) is 11.5 Å². The standard InChI is InChI=1S/C20H24N2O2/c1-15-5-3-4-6-17(15)13-20(24)22-11-8-16(9-12-22)18-7-10-21(2)19(23)14-18/h3-7,10,14,16H,8-9,11-13H2,1-2H3. The van der Waals surface area contributed by atoms with E-state index in [9.17, 15) is 9.59 Å². The molecular formula is C20H24N2O2. The van der Waals surface area contributed by atoms with E-state index in [2.05, 4.69) is 0 Å². The topological polar surface area (TPSA) is 42.3 Å². The van der Waals surface area contributed by atoms with Crippen molar-refractivity contribution in [3.63, 3.8) is 0 Å². The second kappa shape index (κ2) is 7.04. The molecule has 1 aliphatic heterocycles. The van der Waals surface area contributed by atoms with Crippen molar-refractivity contribution in [2.24, 2.45) is 7.05 Å². The highest BCUT2D eigenvalue weighted by atomic mass is 16.2. The molecular weight excluding hydrogens is 300 g/mol. The van der Waals surface area contributed by atoms with Gasteiger partial charge in [0.05, 0.1) is 6.42 Å². The van der Waals surface area contributed by atoms with Gasteiger partial charge < -0.3 is 9.47 Å². The van der Waals surface area contributed by atoms with Crippen molar-refractivity contribution < 1.29 is 4.79 Å². The maximum absolute atomic E-state index is 12.5. The minimum Gasteiger partial charge on any atom is -0.342 e. The Bertz CT molecular complexity index is 786. The van der Waals surface area contributed by atoms with Crippen LogP contribution in [0.25, 0.3) is 0 Å². The van der Waals surface area contributed by atoms with Crippen molar-refractivity contribution in [3.8, 4) is 0 Å². The third kappa shape index (κ3) is 3.58. The van der Waals surface area contributed by atoms with Crippen LogP contribution in [0.1, 0.15) is 35.4 Å². The lowest BCUT2D eigenvalue weighted by Gasteiger charge is -2.32. The highest BCUT2D eigenvalue weighted by Gasteiger charge is 2.24. The Balaban J connectivity index is 1.60. The summed E-state index contributed by atoms with van der Waals surface area (Å²) in [6.07, 6.45) is 4.15. The summed E-state index contributed by atoms with van der Waals surface area (Å²) < 4.78 is 1.59. The fourth-order valence-electron chi connectivity index (χ4n) is 3.36. The summed E-state index contributed by atoms with van der Waals surface area (Å²) in [6.45, 7) is 3.58. The van der Waals surface area contributed by atoms with Crippen molar-refractivity contribution in [2.75, 3.05) is 13.1 Å². The number of hydrogen-bond donors (Lipinski definition) is 0. The van der Waals surface area contributed by atoms with E-state index in [0.717, 1.165) is 37.1 Å². The average molecular weight is 324 g/mol. The van der Waals surface area contributed by atoms with Crippen LogP contribution in [0.3, 0.4) is 0 Å². The zero-order valence-corrected chi connectivity index (χ0v) is 14.4. The monoisotopic (exact) mass is 324 g/mol. The molecule has 0 atom stereocenters. The van der Waals surface area contributed by atoms with Crippen LogP contribution < -0.4 is 5.56 Å². The molecule has 0 bridgehead atoms. The summed E-state index contributed by atoms with van der Waals surface area (Å²) in [6, 6.07) is 11.8. The predicted molar refractivity (Wildman–Crippen MR) is 95.1 cm³/mol. The summed E-state index contributed by atoms with van der Waals surface area (Å²) in [4.78, 5) is 26.3. The Morgan fingerprint density at radius 2 is 1.88 bits per heavy atom. The molecule has 1 amide bonds. The van der Waals surface area contributed by atoms with Gasteiger partial charge in [-0.3, -0.25) is 9.59 Å². The van der Waals surface area contributed by atoms with E-state index in [1.54, 1.807) is 17.7 Å². The minimum atomic E-state index is 0.0329. The molecule has 4 heteroatoms. The maximum atomic E-state index is 12.5. The minimum absolute atomic E-state index is 0.0329. The maximum Gasteiger partial charge on any atom is 0.250 e. The second-order valence-electron chi connectivity index (χ2n) is 6.67. The number of hydrogen-bond acceptors (Lipinski definition) is 2. The van der Waals surface area contributed by atoms with Crippen molar-refractivity contribution >= 4 is 5.91 Å². The van der Waals surface area contributed by atoms with E-state index < -0.39 is 0 Å². The van der Waals surface area contributed by atoms with E-state index in [4.69, 9.17) is 0 Å². The highest BCUT2D eigenvalue weighted by Crippen LogP contribution is 2.27. The van der Waals surface area contributed by atoms with Crippen molar-refractivity contribution in [2.45, 2.75) is 32.1 Å². The quantitative estimate of drug-likeness (QED) is 0.871. The number of carbonyl (C=O) groups excluding carboxylic acids is 1. The van der Waals surface area contributed by atoms with Gasteiger partial charge >= 0.3 is 0 Å². The van der Waals surface area contributed by atoms with Crippen LogP contribution in [0.15, 0.2) is 47.4 Å². The third-order valence-electron chi connectivity index (χ3n) is 5.05. The van der Waals surface area contributed by atoms with Gasteiger partial charge in [-0.25, -0.2) is 0 Å². The normalized spacial score (nSPS) is 15.5. The molecule has 1 aromatic carbocycles. The van der Waals surface area contributed by atoms with Crippen LogP contribution in [-0.2, 0) is 18.3 Å². The van der Waals surface area contributed by atoms with Gasteiger partial charge in [0.1, 0.15) is 0 Å². The zero-order chi connectivity index (χ0) is 17.1. The molecule has 24 heavy (non-hydrogen) atoms. The molecule has 0 aliphatic carbocycles. The number of amides is 1. The lowest BCUT2D eigenvalue weighted by atomic mass is 9.90. The first kappa shape index (κ1) is 16.5. The average Bonchev–Trinajstić information content (AvgIpc) is 2.59. The van der Waals surface area contributed by atoms with Crippen molar-refractivity contribution in [1.82, 2.24) is 9.47 Å². The van der Waals surface area contributed by atoms with Gasteiger partial charge in [0.15, 0.2) is 0 Å². The fourth-order valence-corrected chi connectivity index (χ4v) is 3.36. The molecule has 1 fully saturated rings. The van der Waals surface area contributed by atoms with Crippen molar-refractivity contribution in [3.05, 3.63) is 69.6 Å². The summed E-state index contributed by atoms with van der Waals surface area (Å²) in [5, 5.41) is 0. The second-order valence-corrected chi connectivity index (χ2v) is 6.67. The molecule has 1 saturated heterocycles. The SMILES string of the molecule is Cc1ccccc1CC(=O)N1CCC(c2ccn(C)c(=O)c2)CC1. The Kier molecular flexibility index (Phi) is 4.84. The van der Waals surface area contributed by atoms with E-state index in [1.807, 2.05) is 48.4 Å². The lowest BCUT2D eigenvalue weighted by Crippen LogP contribution is -2.39. The summed E-state index contributed by atoms with van der Waals surface area (Å²) >= 11 is 0. The molecule has 0 N–H and O–H groups in total. The van der Waals surface area contributed by atoms with Gasteiger partial charge in [0.2, 0.25) is 5.91 Å². The van der Waals surface area contributed by atoms with Crippen LogP contribution in [0, 0.1) is 6.92 Å². The highest BCUT2D eigenvalue weighted by molar-refractivity contribution is 5.79. The zero-order valence-electron chi connectivity index (χ0n) is 14.4. The molecule has 2 heterocycles.